The van der Waals surface area contributed by atoms with Gasteiger partial charge in [-0.3, -0.25) is 19.6 Å². The summed E-state index contributed by atoms with van der Waals surface area (Å²) in [5.41, 5.74) is 0.890. The highest BCUT2D eigenvalue weighted by Gasteiger charge is 2.51. The number of ether oxygens (including phenoxy) is 2. The molecule has 40 heavy (non-hydrogen) atoms. The minimum atomic E-state index is -0.578. The third-order valence-electron chi connectivity index (χ3n) is 8.29. The van der Waals surface area contributed by atoms with E-state index in [-0.39, 0.29) is 17.5 Å². The van der Waals surface area contributed by atoms with Crippen molar-refractivity contribution in [1.29, 1.82) is 0 Å². The molecule has 2 aliphatic heterocycles. The summed E-state index contributed by atoms with van der Waals surface area (Å²) in [6, 6.07) is 18.5. The number of piperazine rings is 1. The fourth-order valence-corrected chi connectivity index (χ4v) is 7.07. The normalized spacial score (nSPS) is 22.6. The number of hydrogen-bond donors (Lipinski definition) is 0. The van der Waals surface area contributed by atoms with Gasteiger partial charge in [0, 0.05) is 56.8 Å². The van der Waals surface area contributed by atoms with E-state index in [1.54, 1.807) is 17.5 Å². The Morgan fingerprint density at radius 3 is 2.65 bits per heavy atom. The van der Waals surface area contributed by atoms with E-state index in [1.807, 2.05) is 18.2 Å². The monoisotopic (exact) mass is 561 g/mol. The summed E-state index contributed by atoms with van der Waals surface area (Å²) in [5, 5.41) is 2.13. The molecule has 1 aromatic carbocycles. The summed E-state index contributed by atoms with van der Waals surface area (Å²) in [6.07, 6.45) is 6.55. The van der Waals surface area contributed by atoms with Gasteiger partial charge in [0.05, 0.1) is 11.1 Å². The minimum Gasteiger partial charge on any atom is -0.485 e. The van der Waals surface area contributed by atoms with E-state index in [0.29, 0.717) is 25.1 Å². The van der Waals surface area contributed by atoms with Gasteiger partial charge in [0.25, 0.3) is 0 Å². The summed E-state index contributed by atoms with van der Waals surface area (Å²) < 4.78 is 12.6. The minimum absolute atomic E-state index is 0.107. The van der Waals surface area contributed by atoms with E-state index in [4.69, 9.17) is 9.47 Å². The zero-order chi connectivity index (χ0) is 28.0. The highest BCUT2D eigenvalue weighted by atomic mass is 32.1. The van der Waals surface area contributed by atoms with Crippen molar-refractivity contribution in [3.05, 3.63) is 82.3 Å². The smallest absolute Gasteiger partial charge is 0.201 e. The number of carbonyl (C=O) groups is 1. The van der Waals surface area contributed by atoms with Gasteiger partial charge in [-0.2, -0.15) is 0 Å². The Balaban J connectivity index is 1.24. The van der Waals surface area contributed by atoms with Crippen LogP contribution in [-0.2, 0) is 11.3 Å². The lowest BCUT2D eigenvalue weighted by Gasteiger charge is -2.52. The van der Waals surface area contributed by atoms with Gasteiger partial charge in [-0.25, -0.2) is 0 Å². The Labute approximate surface area is 243 Å². The van der Waals surface area contributed by atoms with Gasteiger partial charge in [0.2, 0.25) is 5.78 Å². The van der Waals surface area contributed by atoms with Crippen LogP contribution in [0.5, 0.6) is 5.75 Å². The summed E-state index contributed by atoms with van der Waals surface area (Å²) >= 11 is 1.77. The average molecular weight is 562 g/mol. The van der Waals surface area contributed by atoms with Crippen molar-refractivity contribution in [3.8, 4) is 5.75 Å². The number of Topliss-reactive ketones (excluding diaryl/α,β-unsaturated/α-hetero) is 1. The molecular weight excluding hydrogens is 518 g/mol. The van der Waals surface area contributed by atoms with Crippen molar-refractivity contribution in [2.45, 2.75) is 76.7 Å². The predicted octanol–water partition coefficient (Wildman–Crippen LogP) is 6.78. The van der Waals surface area contributed by atoms with Crippen molar-refractivity contribution >= 4 is 17.1 Å². The SMILES string of the molecule is CCCC[C@H](Oc1cccc(CN2CCN([C@@]3(C(=O)c4ccccn4)CCOC(C)(C)C3)CC2)c1)c1cccs1. The second-order valence-electron chi connectivity index (χ2n) is 11.8. The molecular formula is C33H43N3O3S. The zero-order valence-electron chi connectivity index (χ0n) is 24.2. The van der Waals surface area contributed by atoms with Crippen LogP contribution < -0.4 is 4.74 Å². The molecule has 0 amide bonds. The number of rotatable bonds is 11. The average Bonchev–Trinajstić information content (AvgIpc) is 3.50. The number of unbranched alkanes of at least 4 members (excludes halogenated alkanes) is 1. The Kier molecular flexibility index (Phi) is 9.36. The Hall–Kier alpha value is -2.58. The van der Waals surface area contributed by atoms with Crippen LogP contribution in [0.3, 0.4) is 0 Å². The van der Waals surface area contributed by atoms with Crippen LogP contribution in [0.15, 0.2) is 66.2 Å². The molecule has 0 aliphatic carbocycles. The molecule has 4 heterocycles. The molecule has 2 fully saturated rings. The van der Waals surface area contributed by atoms with Gasteiger partial charge in [-0.1, -0.05) is 37.6 Å². The van der Waals surface area contributed by atoms with Gasteiger partial charge >= 0.3 is 0 Å². The number of thiophene rings is 1. The van der Waals surface area contributed by atoms with Crippen molar-refractivity contribution in [1.82, 2.24) is 14.8 Å². The van der Waals surface area contributed by atoms with Crippen molar-refractivity contribution in [3.63, 3.8) is 0 Å². The first-order valence-corrected chi connectivity index (χ1v) is 15.6. The fraction of sp³-hybridized carbons (Fsp3) is 0.515. The van der Waals surface area contributed by atoms with Crippen LogP contribution in [-0.4, -0.2) is 64.5 Å². The Bertz CT molecular complexity index is 1220. The third kappa shape index (κ3) is 6.82. The van der Waals surface area contributed by atoms with Crippen LogP contribution in [0.4, 0.5) is 0 Å². The van der Waals surface area contributed by atoms with Crippen molar-refractivity contribution in [2.75, 3.05) is 32.8 Å². The number of benzene rings is 1. The van der Waals surface area contributed by atoms with Crippen LogP contribution in [0.1, 0.15) is 79.9 Å². The highest BCUT2D eigenvalue weighted by molar-refractivity contribution is 7.10. The van der Waals surface area contributed by atoms with Crippen LogP contribution in [0, 0.1) is 0 Å². The number of ketones is 1. The summed E-state index contributed by atoms with van der Waals surface area (Å²) in [6.45, 7) is 11.4. The molecule has 2 atom stereocenters. The Morgan fingerprint density at radius 2 is 1.95 bits per heavy atom. The first-order valence-electron chi connectivity index (χ1n) is 14.7. The van der Waals surface area contributed by atoms with Gasteiger partial charge < -0.3 is 9.47 Å². The van der Waals surface area contributed by atoms with Crippen LogP contribution in [0.2, 0.25) is 0 Å². The largest absolute Gasteiger partial charge is 0.485 e. The molecule has 3 aromatic rings. The molecule has 0 unspecified atom stereocenters. The van der Waals surface area contributed by atoms with Gasteiger partial charge in [-0.15, -0.1) is 11.3 Å². The molecule has 0 saturated carbocycles. The second-order valence-corrected chi connectivity index (χ2v) is 12.8. The van der Waals surface area contributed by atoms with Gasteiger partial charge in [0.1, 0.15) is 17.5 Å². The van der Waals surface area contributed by atoms with E-state index in [1.165, 1.54) is 10.4 Å². The van der Waals surface area contributed by atoms with E-state index in [9.17, 15) is 4.79 Å². The van der Waals surface area contributed by atoms with E-state index >= 15 is 0 Å². The summed E-state index contributed by atoms with van der Waals surface area (Å²) in [4.78, 5) is 24.6. The topological polar surface area (TPSA) is 54.9 Å². The van der Waals surface area contributed by atoms with E-state index in [2.05, 4.69) is 77.3 Å². The molecule has 0 N–H and O–H groups in total. The molecule has 2 saturated heterocycles. The molecule has 214 valence electrons. The fourth-order valence-electron chi connectivity index (χ4n) is 6.28. The lowest BCUT2D eigenvalue weighted by atomic mass is 9.75. The van der Waals surface area contributed by atoms with Crippen LogP contribution >= 0.6 is 11.3 Å². The molecule has 0 spiro atoms. The number of pyridine rings is 1. The molecule has 0 radical (unpaired) electrons. The number of carbonyl (C=O) groups excluding carboxylic acids is 1. The van der Waals surface area contributed by atoms with E-state index < -0.39 is 5.54 Å². The molecule has 7 heteroatoms. The predicted molar refractivity (Wildman–Crippen MR) is 161 cm³/mol. The second kappa shape index (κ2) is 12.9. The van der Waals surface area contributed by atoms with Crippen molar-refractivity contribution in [2.24, 2.45) is 0 Å². The number of nitrogens with zero attached hydrogens (tertiary/aromatic N) is 3. The maximum atomic E-state index is 14.0. The van der Waals surface area contributed by atoms with Gasteiger partial charge in [0.15, 0.2) is 0 Å². The lowest BCUT2D eigenvalue weighted by molar-refractivity contribution is -0.113. The molecule has 5 rings (SSSR count). The van der Waals surface area contributed by atoms with E-state index in [0.717, 1.165) is 57.7 Å². The summed E-state index contributed by atoms with van der Waals surface area (Å²) in [5.74, 6) is 1.07. The number of hydrogen-bond acceptors (Lipinski definition) is 7. The molecule has 2 aliphatic rings. The quantitative estimate of drug-likeness (QED) is 0.241. The maximum Gasteiger partial charge on any atom is 0.201 e. The van der Waals surface area contributed by atoms with Crippen LogP contribution in [0.25, 0.3) is 0 Å². The first-order chi connectivity index (χ1) is 19.4. The zero-order valence-corrected chi connectivity index (χ0v) is 25.0. The van der Waals surface area contributed by atoms with Gasteiger partial charge in [-0.05, 0) is 74.4 Å². The highest BCUT2D eigenvalue weighted by Crippen LogP contribution is 2.39. The molecule has 6 nitrogen and oxygen atoms in total. The molecule has 0 bridgehead atoms. The Morgan fingerprint density at radius 1 is 1.10 bits per heavy atom. The number of aromatic nitrogens is 1. The first kappa shape index (κ1) is 28.9. The van der Waals surface area contributed by atoms with Crippen molar-refractivity contribution < 1.29 is 14.3 Å². The maximum absolute atomic E-state index is 14.0. The standard InChI is InChI=1S/C33H43N3O3S/c1-4-5-13-29(30-14-9-22-40-30)39-27-11-8-10-26(23-27)24-35-17-19-36(20-18-35)33(15-21-38-32(2,3)25-33)31(37)28-12-6-7-16-34-28/h6-12,14,16,22-23,29H,4-5,13,15,17-21,24-25H2,1-3H3/t29-,33-/m0/s1. The lowest BCUT2D eigenvalue weighted by Crippen LogP contribution is -2.65. The third-order valence-corrected chi connectivity index (χ3v) is 9.25. The summed E-state index contributed by atoms with van der Waals surface area (Å²) in [7, 11) is 0. The molecule has 2 aromatic heterocycles.